The van der Waals surface area contributed by atoms with E-state index in [1.165, 1.54) is 0 Å². The summed E-state index contributed by atoms with van der Waals surface area (Å²) in [6, 6.07) is 4.46. The Morgan fingerprint density at radius 1 is 1.32 bits per heavy atom. The highest BCUT2D eigenvalue weighted by atomic mass is 16.6. The Morgan fingerprint density at radius 3 is 2.89 bits per heavy atom. The number of fused-ring (bicyclic) bond motifs is 1. The van der Waals surface area contributed by atoms with E-state index in [-0.39, 0.29) is 0 Å². The predicted molar refractivity (Wildman–Crippen MR) is 75.1 cm³/mol. The van der Waals surface area contributed by atoms with Crippen molar-refractivity contribution in [2.45, 2.75) is 19.4 Å². The lowest BCUT2D eigenvalue weighted by Gasteiger charge is -2.40. The van der Waals surface area contributed by atoms with E-state index in [2.05, 4.69) is 34.1 Å². The molecule has 1 aliphatic rings. The maximum absolute atomic E-state index is 5.89. The van der Waals surface area contributed by atoms with Crippen molar-refractivity contribution in [1.29, 1.82) is 0 Å². The molecule has 6 nitrogen and oxygen atoms in total. The molecule has 1 aromatic carbocycles. The molecule has 3 rings (SSSR count). The largest absolute Gasteiger partial charge is 0.397 e. The molecule has 0 bridgehead atoms. The normalized spacial score (nSPS) is 21.2. The van der Waals surface area contributed by atoms with Gasteiger partial charge in [0, 0.05) is 25.7 Å². The highest BCUT2D eigenvalue weighted by Gasteiger charge is 2.25. The second-order valence-electron chi connectivity index (χ2n) is 5.12. The van der Waals surface area contributed by atoms with E-state index in [0.29, 0.717) is 17.2 Å². The molecular weight excluding hydrogens is 242 g/mol. The van der Waals surface area contributed by atoms with Crippen LogP contribution >= 0.6 is 0 Å². The molecule has 19 heavy (non-hydrogen) atoms. The second-order valence-corrected chi connectivity index (χ2v) is 5.12. The van der Waals surface area contributed by atoms with Gasteiger partial charge < -0.3 is 10.6 Å². The molecular formula is C13H19N5O. The molecule has 0 amide bonds. The van der Waals surface area contributed by atoms with Crippen LogP contribution in [-0.4, -0.2) is 47.9 Å². The Hall–Kier alpha value is -1.82. The molecule has 0 saturated carbocycles. The highest BCUT2D eigenvalue weighted by Crippen LogP contribution is 2.29. The number of aromatic nitrogens is 2. The summed E-state index contributed by atoms with van der Waals surface area (Å²) < 4.78 is 4.83. The molecule has 102 valence electrons. The number of nitrogens with two attached hydrogens (primary N) is 1. The van der Waals surface area contributed by atoms with Crippen LogP contribution in [0.3, 0.4) is 0 Å². The van der Waals surface area contributed by atoms with Crippen molar-refractivity contribution in [3.63, 3.8) is 0 Å². The van der Waals surface area contributed by atoms with Gasteiger partial charge in [0.15, 0.2) is 11.0 Å². The van der Waals surface area contributed by atoms with Crippen molar-refractivity contribution in [3.8, 4) is 0 Å². The van der Waals surface area contributed by atoms with Crippen LogP contribution in [0, 0.1) is 0 Å². The van der Waals surface area contributed by atoms with Crippen molar-refractivity contribution < 1.29 is 4.63 Å². The average Bonchev–Trinajstić information content (AvgIpc) is 2.90. The van der Waals surface area contributed by atoms with Crippen LogP contribution in [0.2, 0.25) is 0 Å². The van der Waals surface area contributed by atoms with E-state index in [9.17, 15) is 0 Å². The van der Waals surface area contributed by atoms with Crippen molar-refractivity contribution in [3.05, 3.63) is 12.1 Å². The van der Waals surface area contributed by atoms with E-state index in [1.54, 1.807) is 0 Å². The number of nitrogen functional groups attached to an aromatic ring is 1. The van der Waals surface area contributed by atoms with Crippen LogP contribution in [-0.2, 0) is 0 Å². The van der Waals surface area contributed by atoms with Gasteiger partial charge in [-0.05, 0) is 35.9 Å². The van der Waals surface area contributed by atoms with Gasteiger partial charge >= 0.3 is 0 Å². The van der Waals surface area contributed by atoms with Gasteiger partial charge in [0.05, 0.1) is 11.4 Å². The molecule has 1 aliphatic heterocycles. The Morgan fingerprint density at radius 2 is 2.11 bits per heavy atom. The van der Waals surface area contributed by atoms with E-state index < -0.39 is 0 Å². The molecule has 0 radical (unpaired) electrons. The Kier molecular flexibility index (Phi) is 3.02. The fraction of sp³-hybridized carbons (Fsp3) is 0.538. The van der Waals surface area contributed by atoms with Crippen LogP contribution in [0.25, 0.3) is 11.0 Å². The number of anilines is 2. The molecule has 1 saturated heterocycles. The number of likely N-dealkylation sites (N-methyl/N-ethyl adjacent to an activating group) is 1. The minimum absolute atomic E-state index is 0.571. The SMILES string of the molecule is CCC1CN(c2ccc(N)c3nonc23)CCN1C. The maximum Gasteiger partial charge on any atom is 0.160 e. The summed E-state index contributed by atoms with van der Waals surface area (Å²) in [7, 11) is 2.18. The summed E-state index contributed by atoms with van der Waals surface area (Å²) in [5.74, 6) is 0. The number of hydrogen-bond acceptors (Lipinski definition) is 6. The molecule has 1 aromatic heterocycles. The number of benzene rings is 1. The van der Waals surface area contributed by atoms with Crippen LogP contribution in [0.5, 0.6) is 0 Å². The third-order valence-corrected chi connectivity index (χ3v) is 4.01. The van der Waals surface area contributed by atoms with Crippen LogP contribution in [0.1, 0.15) is 13.3 Å². The van der Waals surface area contributed by atoms with Crippen molar-refractivity contribution in [2.75, 3.05) is 37.3 Å². The molecule has 2 N–H and O–H groups in total. The highest BCUT2D eigenvalue weighted by molar-refractivity contribution is 5.95. The fourth-order valence-electron chi connectivity index (χ4n) is 2.73. The fourth-order valence-corrected chi connectivity index (χ4v) is 2.73. The molecule has 0 spiro atoms. The van der Waals surface area contributed by atoms with Gasteiger partial charge in [-0.1, -0.05) is 6.92 Å². The zero-order valence-corrected chi connectivity index (χ0v) is 11.3. The number of nitrogens with zero attached hydrogens (tertiary/aromatic N) is 4. The zero-order chi connectivity index (χ0) is 13.4. The lowest BCUT2D eigenvalue weighted by Crippen LogP contribution is -2.51. The van der Waals surface area contributed by atoms with E-state index in [1.807, 2.05) is 12.1 Å². The van der Waals surface area contributed by atoms with Crippen molar-refractivity contribution in [1.82, 2.24) is 15.2 Å². The lowest BCUT2D eigenvalue weighted by molar-refractivity contribution is 0.213. The summed E-state index contributed by atoms with van der Waals surface area (Å²) in [6.45, 7) is 5.26. The second kappa shape index (κ2) is 4.70. The third kappa shape index (κ3) is 2.02. The van der Waals surface area contributed by atoms with E-state index in [4.69, 9.17) is 10.4 Å². The van der Waals surface area contributed by atoms with Crippen LogP contribution < -0.4 is 10.6 Å². The smallest absolute Gasteiger partial charge is 0.160 e. The summed E-state index contributed by atoms with van der Waals surface area (Å²) in [4.78, 5) is 4.76. The molecule has 2 aromatic rings. The number of piperazine rings is 1. The number of rotatable bonds is 2. The van der Waals surface area contributed by atoms with Gasteiger partial charge in [0.2, 0.25) is 0 Å². The number of hydrogen-bond donors (Lipinski definition) is 1. The summed E-state index contributed by atoms with van der Waals surface area (Å²) >= 11 is 0. The average molecular weight is 261 g/mol. The standard InChI is InChI=1S/C13H19N5O/c1-3-9-8-18(7-6-17(9)2)11-5-4-10(14)12-13(11)16-19-15-12/h4-5,9H,3,6-8,14H2,1-2H3. The van der Waals surface area contributed by atoms with Gasteiger partial charge in [-0.3, -0.25) is 4.90 Å². The first kappa shape index (κ1) is 12.2. The Labute approximate surface area is 112 Å². The Balaban J connectivity index is 1.96. The van der Waals surface area contributed by atoms with E-state index >= 15 is 0 Å². The summed E-state index contributed by atoms with van der Waals surface area (Å²) in [5, 5.41) is 7.88. The molecule has 6 heteroatoms. The third-order valence-electron chi connectivity index (χ3n) is 4.01. The molecule has 1 atom stereocenters. The maximum atomic E-state index is 5.89. The first-order valence-electron chi connectivity index (χ1n) is 6.66. The van der Waals surface area contributed by atoms with E-state index in [0.717, 1.165) is 37.3 Å². The first-order chi connectivity index (χ1) is 9.20. The minimum Gasteiger partial charge on any atom is -0.397 e. The van der Waals surface area contributed by atoms with Crippen molar-refractivity contribution >= 4 is 22.4 Å². The monoisotopic (exact) mass is 261 g/mol. The van der Waals surface area contributed by atoms with Crippen LogP contribution in [0.15, 0.2) is 16.8 Å². The van der Waals surface area contributed by atoms with Crippen molar-refractivity contribution in [2.24, 2.45) is 0 Å². The van der Waals surface area contributed by atoms with Gasteiger partial charge in [-0.2, -0.15) is 0 Å². The lowest BCUT2D eigenvalue weighted by atomic mass is 10.1. The van der Waals surface area contributed by atoms with Gasteiger partial charge in [-0.15, -0.1) is 0 Å². The van der Waals surface area contributed by atoms with Gasteiger partial charge in [-0.25, -0.2) is 4.63 Å². The van der Waals surface area contributed by atoms with Crippen LogP contribution in [0.4, 0.5) is 11.4 Å². The zero-order valence-electron chi connectivity index (χ0n) is 11.3. The molecule has 1 fully saturated rings. The van der Waals surface area contributed by atoms with Gasteiger partial charge in [0.25, 0.3) is 0 Å². The minimum atomic E-state index is 0.571. The quantitative estimate of drug-likeness (QED) is 0.822. The summed E-state index contributed by atoms with van der Waals surface area (Å²) in [5.41, 5.74) is 8.98. The molecule has 2 heterocycles. The van der Waals surface area contributed by atoms with Gasteiger partial charge in [0.1, 0.15) is 0 Å². The topological polar surface area (TPSA) is 71.4 Å². The Bertz CT molecular complexity index is 581. The molecule has 0 aliphatic carbocycles. The predicted octanol–water partition coefficient (Wildman–Crippen LogP) is 1.34. The molecule has 1 unspecified atom stereocenters. The summed E-state index contributed by atoms with van der Waals surface area (Å²) in [6.07, 6.45) is 1.14. The first-order valence-corrected chi connectivity index (χ1v) is 6.66.